The van der Waals surface area contributed by atoms with Gasteiger partial charge in [0.1, 0.15) is 22.6 Å². The first kappa shape index (κ1) is 23.0. The van der Waals surface area contributed by atoms with E-state index in [1.807, 2.05) is 6.92 Å². The molecule has 0 fully saturated rings. The summed E-state index contributed by atoms with van der Waals surface area (Å²) < 4.78 is 2.05. The van der Waals surface area contributed by atoms with Gasteiger partial charge in [-0.3, -0.25) is 14.4 Å². The third-order valence-electron chi connectivity index (χ3n) is 6.31. The maximum Gasteiger partial charge on any atom is 0.227 e. The number of rotatable bonds is 4. The summed E-state index contributed by atoms with van der Waals surface area (Å²) in [6, 6.07) is 5.90. The lowest BCUT2D eigenvalue weighted by molar-refractivity contribution is -0.116. The number of thiophene rings is 1. The molecule has 0 bridgehead atoms. The Morgan fingerprint density at radius 2 is 1.91 bits per heavy atom. The van der Waals surface area contributed by atoms with Crippen LogP contribution < -0.4 is 5.32 Å². The van der Waals surface area contributed by atoms with Gasteiger partial charge < -0.3 is 10.4 Å². The van der Waals surface area contributed by atoms with Crippen LogP contribution in [-0.2, 0) is 4.79 Å². The van der Waals surface area contributed by atoms with E-state index in [2.05, 4.69) is 71.2 Å². The highest BCUT2D eigenvalue weighted by molar-refractivity contribution is 7.15. The number of phenolic OH excluding ortho intramolecular Hbond substituents is 1. The van der Waals surface area contributed by atoms with Crippen LogP contribution in [0.3, 0.4) is 0 Å². The summed E-state index contributed by atoms with van der Waals surface area (Å²) in [6.45, 7) is 8.31. The lowest BCUT2D eigenvalue weighted by Gasteiger charge is -2.13. The highest BCUT2D eigenvalue weighted by Gasteiger charge is 2.32. The van der Waals surface area contributed by atoms with Gasteiger partial charge >= 0.3 is 0 Å². The summed E-state index contributed by atoms with van der Waals surface area (Å²) in [5.74, 6) is 1.71. The summed E-state index contributed by atoms with van der Waals surface area (Å²) in [5, 5.41) is 22.3. The van der Waals surface area contributed by atoms with E-state index in [0.29, 0.717) is 17.4 Å². The smallest absolute Gasteiger partial charge is 0.227 e. The van der Waals surface area contributed by atoms with Crippen LogP contribution in [0, 0.1) is 26.7 Å². The fraction of sp³-hybridized carbons (Fsp3) is 0.259. The number of aliphatic imine (C=N–C) groups is 1. The number of anilines is 1. The summed E-state index contributed by atoms with van der Waals surface area (Å²) in [4.78, 5) is 19.5. The Balaban J connectivity index is 1.61. The van der Waals surface area contributed by atoms with Crippen LogP contribution in [0.25, 0.3) is 5.00 Å². The summed E-state index contributed by atoms with van der Waals surface area (Å²) >= 11 is 1.70. The topological polar surface area (TPSA) is 92.4 Å². The molecule has 7 nitrogen and oxygen atoms in total. The van der Waals surface area contributed by atoms with Crippen LogP contribution in [0.15, 0.2) is 65.2 Å². The van der Waals surface area contributed by atoms with Gasteiger partial charge in [0, 0.05) is 21.7 Å². The average Bonchev–Trinajstić information content (AvgIpc) is 3.19. The Morgan fingerprint density at radius 1 is 1.14 bits per heavy atom. The molecule has 1 amide bonds. The van der Waals surface area contributed by atoms with Gasteiger partial charge in [0.05, 0.1) is 12.1 Å². The predicted molar refractivity (Wildman–Crippen MR) is 140 cm³/mol. The van der Waals surface area contributed by atoms with E-state index < -0.39 is 6.04 Å². The highest BCUT2D eigenvalue weighted by Crippen LogP contribution is 2.40. The monoisotopic (exact) mass is 485 g/mol. The number of hydrogen-bond acceptors (Lipinski definition) is 6. The van der Waals surface area contributed by atoms with Crippen molar-refractivity contribution in [2.75, 3.05) is 5.32 Å². The molecular weight excluding hydrogens is 458 g/mol. The molecule has 1 aromatic carbocycles. The number of carbonyl (C=O) groups is 1. The first-order valence-electron chi connectivity index (χ1n) is 11.6. The first-order chi connectivity index (χ1) is 16.8. The average molecular weight is 486 g/mol. The van der Waals surface area contributed by atoms with Gasteiger partial charge in [0.15, 0.2) is 5.82 Å². The Kier molecular flexibility index (Phi) is 5.98. The molecule has 2 aromatic heterocycles. The van der Waals surface area contributed by atoms with E-state index in [1.165, 1.54) is 10.4 Å². The quantitative estimate of drug-likeness (QED) is 0.476. The third-order valence-corrected chi connectivity index (χ3v) is 7.50. The standard InChI is InChI=1S/C27H27N5O2S/c1-15-6-5-7-19(9-8-15)25-24-16(2)17(3)35-27(24)32-18(4)30-31-26(32)22(29-25)14-23(34)28-20-10-12-21(33)13-11-20/h5-13,15,22,33H,14H2,1-4H3,(H,28,34)/t15?,22-/m0/s1. The van der Waals surface area contributed by atoms with Crippen molar-refractivity contribution in [3.63, 3.8) is 0 Å². The zero-order valence-corrected chi connectivity index (χ0v) is 20.9. The zero-order valence-electron chi connectivity index (χ0n) is 20.1. The Morgan fingerprint density at radius 3 is 2.69 bits per heavy atom. The Labute approximate surface area is 208 Å². The molecule has 2 aliphatic rings. The first-order valence-corrected chi connectivity index (χ1v) is 12.4. The maximum atomic E-state index is 13.1. The van der Waals surface area contributed by atoms with Crippen molar-refractivity contribution in [3.05, 3.63) is 87.9 Å². The number of amides is 1. The second-order valence-corrected chi connectivity index (χ2v) is 10.1. The molecule has 35 heavy (non-hydrogen) atoms. The lowest BCUT2D eigenvalue weighted by Crippen LogP contribution is -2.17. The molecule has 3 aromatic rings. The van der Waals surface area contributed by atoms with Crippen LogP contribution in [0.1, 0.15) is 47.0 Å². The van der Waals surface area contributed by atoms with Crippen molar-refractivity contribution in [2.45, 2.75) is 40.2 Å². The van der Waals surface area contributed by atoms with Crippen LogP contribution in [0.4, 0.5) is 5.69 Å². The normalized spacial score (nSPS) is 18.7. The molecule has 3 heterocycles. The maximum absolute atomic E-state index is 13.1. The van der Waals surface area contributed by atoms with Gasteiger partial charge in [-0.15, -0.1) is 21.5 Å². The number of hydrogen-bond donors (Lipinski definition) is 2. The largest absolute Gasteiger partial charge is 0.508 e. The fourth-order valence-electron chi connectivity index (χ4n) is 4.32. The number of nitrogens with zero attached hydrogens (tertiary/aromatic N) is 4. The minimum absolute atomic E-state index is 0.110. The summed E-state index contributed by atoms with van der Waals surface area (Å²) in [5.41, 5.74) is 4.73. The van der Waals surface area contributed by atoms with Gasteiger partial charge in [-0.25, -0.2) is 0 Å². The second-order valence-electron chi connectivity index (χ2n) is 8.92. The van der Waals surface area contributed by atoms with Gasteiger partial charge in [0.2, 0.25) is 5.91 Å². The predicted octanol–water partition coefficient (Wildman–Crippen LogP) is 5.52. The molecule has 1 unspecified atom stereocenters. The van der Waals surface area contributed by atoms with Crippen molar-refractivity contribution in [3.8, 4) is 10.8 Å². The summed E-state index contributed by atoms with van der Waals surface area (Å²) in [6.07, 6.45) is 10.7. The van der Waals surface area contributed by atoms with E-state index in [9.17, 15) is 9.90 Å². The van der Waals surface area contributed by atoms with E-state index in [0.717, 1.165) is 27.7 Å². The highest BCUT2D eigenvalue weighted by atomic mass is 32.1. The zero-order chi connectivity index (χ0) is 24.7. The SMILES string of the molecule is Cc1sc2c(c1C)C(C1=CC=CC(C)C=C1)=N[C@@H](CC(=O)Nc1ccc(O)cc1)c1nnc(C)n1-2. The minimum Gasteiger partial charge on any atom is -0.508 e. The molecule has 178 valence electrons. The molecule has 1 aliphatic carbocycles. The molecule has 0 spiro atoms. The number of benzene rings is 1. The van der Waals surface area contributed by atoms with Crippen LogP contribution in [0.5, 0.6) is 5.75 Å². The van der Waals surface area contributed by atoms with Crippen molar-refractivity contribution in [1.29, 1.82) is 0 Å². The van der Waals surface area contributed by atoms with Crippen molar-refractivity contribution in [2.24, 2.45) is 10.9 Å². The molecule has 8 heteroatoms. The molecule has 2 N–H and O–H groups in total. The van der Waals surface area contributed by atoms with Gasteiger partial charge in [-0.05, 0) is 56.5 Å². The molecule has 2 atom stereocenters. The Hall–Kier alpha value is -3.78. The van der Waals surface area contributed by atoms with Gasteiger partial charge in [-0.2, -0.15) is 0 Å². The second kappa shape index (κ2) is 9.11. The summed E-state index contributed by atoms with van der Waals surface area (Å²) in [7, 11) is 0. The number of allylic oxidation sites excluding steroid dienone is 6. The van der Waals surface area contributed by atoms with E-state index >= 15 is 0 Å². The number of carbonyl (C=O) groups excluding carboxylic acids is 1. The van der Waals surface area contributed by atoms with Crippen molar-refractivity contribution in [1.82, 2.24) is 14.8 Å². The molecular formula is C27H27N5O2S. The third kappa shape index (κ3) is 4.37. The van der Waals surface area contributed by atoms with E-state index in [4.69, 9.17) is 4.99 Å². The number of aromatic hydroxyl groups is 1. The van der Waals surface area contributed by atoms with Crippen LogP contribution in [0.2, 0.25) is 0 Å². The van der Waals surface area contributed by atoms with Gasteiger partial charge in [-0.1, -0.05) is 37.3 Å². The number of phenols is 1. The van der Waals surface area contributed by atoms with Crippen LogP contribution >= 0.6 is 11.3 Å². The molecule has 0 saturated heterocycles. The van der Waals surface area contributed by atoms with Gasteiger partial charge in [0.25, 0.3) is 0 Å². The molecule has 1 aliphatic heterocycles. The van der Waals surface area contributed by atoms with Crippen molar-refractivity contribution < 1.29 is 9.90 Å². The molecule has 0 saturated carbocycles. The van der Waals surface area contributed by atoms with Crippen molar-refractivity contribution >= 4 is 28.6 Å². The fourth-order valence-corrected chi connectivity index (χ4v) is 5.54. The van der Waals surface area contributed by atoms with E-state index in [-0.39, 0.29) is 18.1 Å². The molecule has 5 rings (SSSR count). The van der Waals surface area contributed by atoms with Crippen LogP contribution in [-0.4, -0.2) is 31.5 Å². The minimum atomic E-state index is -0.512. The number of aryl methyl sites for hydroxylation is 2. The number of nitrogens with one attached hydrogen (secondary N) is 1. The lowest BCUT2D eigenvalue weighted by atomic mass is 9.98. The molecule has 0 radical (unpaired) electrons. The number of fused-ring (bicyclic) bond motifs is 3. The number of aromatic nitrogens is 3. The van der Waals surface area contributed by atoms with E-state index in [1.54, 1.807) is 35.6 Å². The Bertz CT molecular complexity index is 1420.